The highest BCUT2D eigenvalue weighted by Gasteiger charge is 2.35. The Labute approximate surface area is 271 Å². The molecule has 2 N–H and O–H groups in total. The van der Waals surface area contributed by atoms with Gasteiger partial charge in [-0.1, -0.05) is 78.2 Å². The maximum absolute atomic E-state index is 14.0. The third-order valence-electron chi connectivity index (χ3n) is 6.80. The number of allylic oxidation sites excluding steroid dienone is 1. The van der Waals surface area contributed by atoms with Gasteiger partial charge in [0.05, 0.1) is 16.5 Å². The summed E-state index contributed by atoms with van der Waals surface area (Å²) in [6.07, 6.45) is 2.73. The van der Waals surface area contributed by atoms with Crippen LogP contribution >= 0.6 is 47.1 Å². The van der Waals surface area contributed by atoms with E-state index in [0.717, 1.165) is 49.2 Å². The molecule has 2 aliphatic heterocycles. The first kappa shape index (κ1) is 32.2. The largest absolute Gasteiger partial charge is 0.480 e. The summed E-state index contributed by atoms with van der Waals surface area (Å²) in [6, 6.07) is 17.3. The number of carboxylic acid groups (broad SMARTS) is 1. The van der Waals surface area contributed by atoms with Crippen LogP contribution in [0.25, 0.3) is 10.5 Å². The van der Waals surface area contributed by atoms with Crippen molar-refractivity contribution in [3.05, 3.63) is 90.8 Å². The number of hydrogen-bond acceptors (Lipinski definition) is 10. The molecule has 0 bridgehead atoms. The van der Waals surface area contributed by atoms with E-state index in [0.29, 0.717) is 27.7 Å². The van der Waals surface area contributed by atoms with Crippen molar-refractivity contribution in [3.8, 4) is 0 Å². The van der Waals surface area contributed by atoms with E-state index in [1.165, 1.54) is 16.3 Å². The Hall–Kier alpha value is -3.21. The van der Waals surface area contributed by atoms with Gasteiger partial charge in [0.1, 0.15) is 25.0 Å². The number of amides is 1. The minimum atomic E-state index is -4.06. The molecule has 0 unspecified atom stereocenters. The summed E-state index contributed by atoms with van der Waals surface area (Å²) < 4.78 is 34.2. The van der Waals surface area contributed by atoms with E-state index in [4.69, 9.17) is 12.2 Å². The summed E-state index contributed by atoms with van der Waals surface area (Å²) in [6.45, 7) is 2.01. The number of carbonyl (C=O) groups excluding carboxylic acids is 1. The number of anilines is 1. The first-order valence-corrected chi connectivity index (χ1v) is 18.0. The summed E-state index contributed by atoms with van der Waals surface area (Å²) in [5.41, 5.74) is 2.10. The third kappa shape index (κ3) is 6.87. The Kier molecular flexibility index (Phi) is 9.82. The smallest absolute Gasteiger partial charge is 0.323 e. The lowest BCUT2D eigenvalue weighted by molar-refractivity contribution is -0.140. The number of para-hydroxylation sites is 1. The van der Waals surface area contributed by atoms with E-state index in [1.54, 1.807) is 6.92 Å². The summed E-state index contributed by atoms with van der Waals surface area (Å²) in [5.74, 6) is -2.06. The molecule has 2 aliphatic rings. The van der Waals surface area contributed by atoms with E-state index in [1.807, 2.05) is 60.7 Å². The number of thioether (sulfide) groups is 2. The molecule has 10 nitrogen and oxygen atoms in total. The van der Waals surface area contributed by atoms with Crippen LogP contribution in [0.5, 0.6) is 0 Å². The van der Waals surface area contributed by atoms with Gasteiger partial charge in [0.15, 0.2) is 0 Å². The Bertz CT molecular complexity index is 1970. The minimum absolute atomic E-state index is 0.122. The molecule has 5 rings (SSSR count). The van der Waals surface area contributed by atoms with Crippen molar-refractivity contribution >= 4 is 89.6 Å². The van der Waals surface area contributed by atoms with Crippen LogP contribution in [-0.4, -0.2) is 62.6 Å². The monoisotopic (exact) mass is 689 g/mol. The van der Waals surface area contributed by atoms with Crippen molar-refractivity contribution < 1.29 is 27.7 Å². The summed E-state index contributed by atoms with van der Waals surface area (Å²) in [7, 11) is -4.06. The zero-order valence-electron chi connectivity index (χ0n) is 23.3. The molecule has 1 aromatic heterocycles. The molecule has 0 spiro atoms. The quantitative estimate of drug-likeness (QED) is 0.184. The number of aliphatic carboxylic acids is 1. The van der Waals surface area contributed by atoms with Crippen molar-refractivity contribution in [2.45, 2.75) is 31.2 Å². The average molecular weight is 690 g/mol. The van der Waals surface area contributed by atoms with Gasteiger partial charge in [-0.15, -0.1) is 11.3 Å². The lowest BCUT2D eigenvalue weighted by atomic mass is 10.1. The summed E-state index contributed by atoms with van der Waals surface area (Å²) in [4.78, 5) is 42.9. The second-order valence-electron chi connectivity index (χ2n) is 9.74. The maximum Gasteiger partial charge on any atom is 0.323 e. The lowest BCUT2D eigenvalue weighted by Gasteiger charge is -2.21. The van der Waals surface area contributed by atoms with Crippen LogP contribution in [0, 0.1) is 0 Å². The number of carboxylic acids is 1. The number of thiazole rings is 1. The van der Waals surface area contributed by atoms with Gasteiger partial charge in [-0.25, -0.2) is 0 Å². The van der Waals surface area contributed by atoms with Gasteiger partial charge < -0.3 is 10.0 Å². The number of rotatable bonds is 10. The Morgan fingerprint density at radius 2 is 1.70 bits per heavy atom. The second kappa shape index (κ2) is 13.4. The normalized spacial score (nSPS) is 17.9. The van der Waals surface area contributed by atoms with Gasteiger partial charge in [0, 0.05) is 23.6 Å². The Balaban J connectivity index is 1.68. The molecule has 3 aromatic rings. The zero-order valence-corrected chi connectivity index (χ0v) is 27.4. The summed E-state index contributed by atoms with van der Waals surface area (Å²) in [5, 5.41) is 10.1. The fourth-order valence-corrected chi connectivity index (χ4v) is 9.16. The highest BCUT2D eigenvalue weighted by molar-refractivity contribution is 8.30. The van der Waals surface area contributed by atoms with Gasteiger partial charge in [-0.05, 0) is 43.5 Å². The molecule has 230 valence electrons. The van der Waals surface area contributed by atoms with Gasteiger partial charge in [0.25, 0.3) is 21.6 Å². The van der Waals surface area contributed by atoms with Crippen molar-refractivity contribution in [1.29, 1.82) is 0 Å². The maximum atomic E-state index is 14.0. The van der Waals surface area contributed by atoms with E-state index >= 15 is 0 Å². The van der Waals surface area contributed by atoms with Gasteiger partial charge in [-0.3, -0.25) is 28.4 Å². The van der Waals surface area contributed by atoms with Crippen molar-refractivity contribution in [2.75, 3.05) is 23.7 Å². The average Bonchev–Trinajstić information content (AvgIpc) is 3.60. The summed E-state index contributed by atoms with van der Waals surface area (Å²) >= 11 is 8.98. The topological polar surface area (TPSA) is 137 Å². The minimum Gasteiger partial charge on any atom is -0.480 e. The predicted molar refractivity (Wildman–Crippen MR) is 179 cm³/mol. The van der Waals surface area contributed by atoms with Crippen LogP contribution in [0.2, 0.25) is 0 Å². The molecular weight excluding hydrogens is 663 g/mol. The molecule has 1 amide bonds. The van der Waals surface area contributed by atoms with Crippen molar-refractivity contribution in [1.82, 2.24) is 9.47 Å². The van der Waals surface area contributed by atoms with E-state index < -0.39 is 28.5 Å². The number of benzene rings is 2. The van der Waals surface area contributed by atoms with Crippen LogP contribution in [0.3, 0.4) is 0 Å². The standard InChI is InChI=1S/C29H27N3O7S5/c1-2-30-26(35)24(42-28(30)25-27(36)32(17-23(33)34)29(40)43-25)19(18-10-4-3-5-11-18)16-22-31(14-8-9-15-44(37,38)39)20-12-6-7-13-21(20)41-22/h3-7,10-13,16H,2,8-9,14-15,17H2,1H3,(H,33,34)(H,37,38,39)/b22-16-,24-19+,28-25+. The highest BCUT2D eigenvalue weighted by atomic mass is 32.2. The molecule has 0 atom stereocenters. The first-order chi connectivity index (χ1) is 21.0. The van der Waals surface area contributed by atoms with Gasteiger partial charge in [0.2, 0.25) is 0 Å². The molecule has 1 fully saturated rings. The fraction of sp³-hybridized carbons (Fsp3) is 0.241. The van der Waals surface area contributed by atoms with Gasteiger partial charge >= 0.3 is 5.97 Å². The zero-order chi connectivity index (χ0) is 31.6. The Morgan fingerprint density at radius 1 is 1.00 bits per heavy atom. The third-order valence-corrected chi connectivity index (χ3v) is 11.5. The number of fused-ring (bicyclic) bond motifs is 1. The SMILES string of the molecule is CCn1c(=O)/c(=C(/C=C2\Sc3ccccc3N2CCCCS(=O)(=O)O)c2ccccc2)s/c1=C1/SC(=S)N(CC(=O)O)C1=O. The second-order valence-corrected chi connectivity index (χ2v) is 15.0. The molecule has 3 heterocycles. The molecule has 15 heteroatoms. The van der Waals surface area contributed by atoms with E-state index in [-0.39, 0.29) is 33.5 Å². The van der Waals surface area contributed by atoms with Crippen molar-refractivity contribution in [3.63, 3.8) is 0 Å². The molecule has 0 saturated carbocycles. The number of nitrogens with zero attached hydrogens (tertiary/aromatic N) is 3. The lowest BCUT2D eigenvalue weighted by Crippen LogP contribution is -2.35. The molecule has 1 saturated heterocycles. The molecular formula is C29H27N3O7S5. The van der Waals surface area contributed by atoms with Gasteiger partial charge in [-0.2, -0.15) is 8.42 Å². The van der Waals surface area contributed by atoms with Crippen LogP contribution < -0.4 is 19.7 Å². The number of carbonyl (C=O) groups is 2. The predicted octanol–water partition coefficient (Wildman–Crippen LogP) is 3.30. The number of thiocarbonyl (C=S) groups is 1. The van der Waals surface area contributed by atoms with Crippen LogP contribution in [0.4, 0.5) is 5.69 Å². The molecule has 0 radical (unpaired) electrons. The van der Waals surface area contributed by atoms with E-state index in [2.05, 4.69) is 4.90 Å². The van der Waals surface area contributed by atoms with E-state index in [9.17, 15) is 32.5 Å². The Morgan fingerprint density at radius 3 is 2.39 bits per heavy atom. The van der Waals surface area contributed by atoms with Crippen molar-refractivity contribution in [2.24, 2.45) is 0 Å². The molecule has 44 heavy (non-hydrogen) atoms. The number of unbranched alkanes of at least 4 members (excludes halogenated alkanes) is 1. The first-order valence-electron chi connectivity index (χ1n) is 13.5. The fourth-order valence-electron chi connectivity index (χ4n) is 4.80. The van der Waals surface area contributed by atoms with Crippen LogP contribution in [0.15, 0.2) is 75.4 Å². The van der Waals surface area contributed by atoms with Crippen LogP contribution in [0.1, 0.15) is 25.3 Å². The molecule has 2 aromatic carbocycles. The van der Waals surface area contributed by atoms with Crippen LogP contribution in [-0.2, 0) is 26.3 Å². The highest BCUT2D eigenvalue weighted by Crippen LogP contribution is 2.46. The number of aromatic nitrogens is 1. The number of hydrogen-bond donors (Lipinski definition) is 2. The molecule has 0 aliphatic carbocycles.